The number of hydrogen-bond donors (Lipinski definition) is 1. The lowest BCUT2D eigenvalue weighted by Crippen LogP contribution is -2.17. The van der Waals surface area contributed by atoms with Crippen LogP contribution in [0.4, 0.5) is 0 Å². The van der Waals surface area contributed by atoms with E-state index in [-0.39, 0.29) is 0 Å². The highest BCUT2D eigenvalue weighted by atomic mass is 15.0. The standard InChI is InChI=1S/C13H17N3/c1-3-15-11(2)12-5-4-6-13(9-12)16-8-7-14-10-16/h4-11,15H,3H2,1-2H3. The van der Waals surface area contributed by atoms with Crippen molar-refractivity contribution in [3.05, 3.63) is 48.5 Å². The lowest BCUT2D eigenvalue weighted by molar-refractivity contribution is 0.598. The lowest BCUT2D eigenvalue weighted by Gasteiger charge is -2.14. The Labute approximate surface area is 96.1 Å². The van der Waals surface area contributed by atoms with E-state index in [0.717, 1.165) is 12.2 Å². The van der Waals surface area contributed by atoms with Crippen molar-refractivity contribution in [2.45, 2.75) is 19.9 Å². The van der Waals surface area contributed by atoms with Gasteiger partial charge in [0.2, 0.25) is 0 Å². The molecule has 0 aliphatic heterocycles. The van der Waals surface area contributed by atoms with Crippen LogP contribution in [0.5, 0.6) is 0 Å². The van der Waals surface area contributed by atoms with Gasteiger partial charge >= 0.3 is 0 Å². The number of nitrogens with one attached hydrogen (secondary N) is 1. The minimum absolute atomic E-state index is 0.383. The lowest BCUT2D eigenvalue weighted by atomic mass is 10.1. The smallest absolute Gasteiger partial charge is 0.0991 e. The van der Waals surface area contributed by atoms with E-state index in [1.807, 2.05) is 17.1 Å². The fraction of sp³-hybridized carbons (Fsp3) is 0.308. The fourth-order valence-electron chi connectivity index (χ4n) is 1.79. The number of rotatable bonds is 4. The molecule has 1 heterocycles. The molecule has 0 saturated heterocycles. The molecule has 0 aliphatic carbocycles. The maximum atomic E-state index is 4.06. The van der Waals surface area contributed by atoms with E-state index >= 15 is 0 Å². The van der Waals surface area contributed by atoms with Gasteiger partial charge in [-0.3, -0.25) is 0 Å². The second-order valence-corrected chi connectivity index (χ2v) is 3.84. The molecule has 1 aromatic carbocycles. The molecule has 0 saturated carbocycles. The monoisotopic (exact) mass is 215 g/mol. The summed E-state index contributed by atoms with van der Waals surface area (Å²) in [7, 11) is 0. The highest BCUT2D eigenvalue weighted by Gasteiger charge is 2.04. The zero-order valence-corrected chi connectivity index (χ0v) is 9.72. The molecule has 1 aromatic heterocycles. The van der Waals surface area contributed by atoms with Crippen molar-refractivity contribution in [2.24, 2.45) is 0 Å². The highest BCUT2D eigenvalue weighted by Crippen LogP contribution is 2.16. The molecule has 0 aliphatic rings. The average Bonchev–Trinajstić information content (AvgIpc) is 2.83. The first-order valence-corrected chi connectivity index (χ1v) is 5.63. The Bertz CT molecular complexity index is 434. The second kappa shape index (κ2) is 4.94. The molecule has 0 fully saturated rings. The van der Waals surface area contributed by atoms with Gasteiger partial charge in [0.25, 0.3) is 0 Å². The van der Waals surface area contributed by atoms with Crippen LogP contribution in [-0.2, 0) is 0 Å². The average molecular weight is 215 g/mol. The molecule has 3 heteroatoms. The molecule has 0 bridgehead atoms. The SMILES string of the molecule is CCNC(C)c1cccc(-n2ccnc2)c1. The third-order valence-electron chi connectivity index (χ3n) is 2.68. The fourth-order valence-corrected chi connectivity index (χ4v) is 1.79. The van der Waals surface area contributed by atoms with E-state index in [0.29, 0.717) is 6.04 Å². The van der Waals surface area contributed by atoms with Gasteiger partial charge in [-0.2, -0.15) is 0 Å². The van der Waals surface area contributed by atoms with Crippen molar-refractivity contribution in [3.8, 4) is 5.69 Å². The Balaban J connectivity index is 2.26. The Morgan fingerprint density at radius 3 is 3.00 bits per heavy atom. The summed E-state index contributed by atoms with van der Waals surface area (Å²) in [6, 6.07) is 8.89. The number of hydrogen-bond acceptors (Lipinski definition) is 2. The molecular formula is C13H17N3. The summed E-state index contributed by atoms with van der Waals surface area (Å²) < 4.78 is 2.02. The normalized spacial score (nSPS) is 12.6. The molecule has 2 rings (SSSR count). The minimum Gasteiger partial charge on any atom is -0.310 e. The molecule has 1 atom stereocenters. The van der Waals surface area contributed by atoms with E-state index in [1.54, 1.807) is 6.20 Å². The van der Waals surface area contributed by atoms with Crippen LogP contribution >= 0.6 is 0 Å². The predicted molar refractivity (Wildman–Crippen MR) is 65.7 cm³/mol. The van der Waals surface area contributed by atoms with Crippen LogP contribution in [0.25, 0.3) is 5.69 Å². The summed E-state index contributed by atoms with van der Waals surface area (Å²) in [5, 5.41) is 3.41. The zero-order valence-electron chi connectivity index (χ0n) is 9.72. The Morgan fingerprint density at radius 1 is 1.44 bits per heavy atom. The molecule has 1 N–H and O–H groups in total. The van der Waals surface area contributed by atoms with E-state index in [9.17, 15) is 0 Å². The highest BCUT2D eigenvalue weighted by molar-refractivity contribution is 5.36. The van der Waals surface area contributed by atoms with Crippen LogP contribution in [0.15, 0.2) is 43.0 Å². The number of benzene rings is 1. The molecule has 3 nitrogen and oxygen atoms in total. The molecule has 2 aromatic rings. The van der Waals surface area contributed by atoms with Crippen molar-refractivity contribution in [1.29, 1.82) is 0 Å². The van der Waals surface area contributed by atoms with Crippen LogP contribution in [0.2, 0.25) is 0 Å². The summed E-state index contributed by atoms with van der Waals surface area (Å²) >= 11 is 0. The maximum absolute atomic E-state index is 4.06. The van der Waals surface area contributed by atoms with Gasteiger partial charge in [0.1, 0.15) is 0 Å². The first kappa shape index (κ1) is 10.9. The van der Waals surface area contributed by atoms with Crippen molar-refractivity contribution < 1.29 is 0 Å². The van der Waals surface area contributed by atoms with Crippen molar-refractivity contribution in [1.82, 2.24) is 14.9 Å². The van der Waals surface area contributed by atoms with Crippen LogP contribution in [0.3, 0.4) is 0 Å². The summed E-state index contributed by atoms with van der Waals surface area (Å²) in [5.74, 6) is 0. The molecular weight excluding hydrogens is 198 g/mol. The predicted octanol–water partition coefficient (Wildman–Crippen LogP) is 2.54. The van der Waals surface area contributed by atoms with E-state index in [4.69, 9.17) is 0 Å². The largest absolute Gasteiger partial charge is 0.310 e. The Kier molecular flexibility index (Phi) is 3.37. The quantitative estimate of drug-likeness (QED) is 0.849. The first-order chi connectivity index (χ1) is 7.81. The van der Waals surface area contributed by atoms with Crippen LogP contribution in [0.1, 0.15) is 25.5 Å². The van der Waals surface area contributed by atoms with Gasteiger partial charge in [-0.15, -0.1) is 0 Å². The third-order valence-corrected chi connectivity index (χ3v) is 2.68. The van der Waals surface area contributed by atoms with E-state index in [1.165, 1.54) is 5.56 Å². The van der Waals surface area contributed by atoms with Crippen LogP contribution < -0.4 is 5.32 Å². The minimum atomic E-state index is 0.383. The summed E-state index contributed by atoms with van der Waals surface area (Å²) in [5.41, 5.74) is 2.45. The topological polar surface area (TPSA) is 29.9 Å². The van der Waals surface area contributed by atoms with Crippen molar-refractivity contribution in [2.75, 3.05) is 6.54 Å². The number of imidazole rings is 1. The van der Waals surface area contributed by atoms with Crippen LogP contribution in [0, 0.1) is 0 Å². The van der Waals surface area contributed by atoms with Crippen molar-refractivity contribution in [3.63, 3.8) is 0 Å². The van der Waals surface area contributed by atoms with Gasteiger partial charge in [0.05, 0.1) is 6.33 Å². The molecule has 0 amide bonds. The van der Waals surface area contributed by atoms with Gasteiger partial charge in [-0.1, -0.05) is 19.1 Å². The van der Waals surface area contributed by atoms with Crippen LogP contribution in [-0.4, -0.2) is 16.1 Å². The molecule has 1 unspecified atom stereocenters. The van der Waals surface area contributed by atoms with Gasteiger partial charge in [0, 0.05) is 24.1 Å². The number of aromatic nitrogens is 2. The van der Waals surface area contributed by atoms with Gasteiger partial charge < -0.3 is 9.88 Å². The van der Waals surface area contributed by atoms with Gasteiger partial charge in [-0.05, 0) is 31.2 Å². The molecule has 0 radical (unpaired) electrons. The van der Waals surface area contributed by atoms with E-state index < -0.39 is 0 Å². The Morgan fingerprint density at radius 2 is 2.31 bits per heavy atom. The summed E-state index contributed by atoms with van der Waals surface area (Å²) in [6.45, 7) is 5.28. The molecule has 84 valence electrons. The Hall–Kier alpha value is -1.61. The van der Waals surface area contributed by atoms with E-state index in [2.05, 4.69) is 48.4 Å². The summed E-state index contributed by atoms with van der Waals surface area (Å²) in [6.07, 6.45) is 5.56. The van der Waals surface area contributed by atoms with Gasteiger partial charge in [-0.25, -0.2) is 4.98 Å². The first-order valence-electron chi connectivity index (χ1n) is 5.63. The zero-order chi connectivity index (χ0) is 11.4. The molecule has 16 heavy (non-hydrogen) atoms. The van der Waals surface area contributed by atoms with Crippen molar-refractivity contribution >= 4 is 0 Å². The summed E-state index contributed by atoms with van der Waals surface area (Å²) in [4.78, 5) is 4.06. The number of nitrogens with zero attached hydrogens (tertiary/aromatic N) is 2. The molecule has 0 spiro atoms. The second-order valence-electron chi connectivity index (χ2n) is 3.84. The third kappa shape index (κ3) is 2.31. The maximum Gasteiger partial charge on any atom is 0.0991 e. The van der Waals surface area contributed by atoms with Gasteiger partial charge in [0.15, 0.2) is 0 Å².